The maximum Gasteiger partial charge on any atom is 0.187 e. The van der Waals surface area contributed by atoms with Gasteiger partial charge in [-0.3, -0.25) is 0 Å². The van der Waals surface area contributed by atoms with E-state index in [1.54, 1.807) is 0 Å². The molecule has 1 aliphatic rings. The van der Waals surface area contributed by atoms with Gasteiger partial charge in [0.2, 0.25) is 0 Å². The van der Waals surface area contributed by atoms with Crippen molar-refractivity contribution in [3.8, 4) is 5.75 Å². The van der Waals surface area contributed by atoms with E-state index in [4.69, 9.17) is 5.11 Å². The smallest absolute Gasteiger partial charge is 0.187 e. The van der Waals surface area contributed by atoms with E-state index < -0.39 is 17.4 Å². The fraction of sp³-hybridized carbons (Fsp3) is 0.333. The number of phenolic OH excluding ortho intramolecular Hbond substituents is 1. The number of nitrogens with one attached hydrogen (secondary N) is 1. The van der Waals surface area contributed by atoms with Crippen molar-refractivity contribution >= 4 is 11.3 Å². The molecule has 0 radical (unpaired) electrons. The van der Waals surface area contributed by atoms with Crippen molar-refractivity contribution in [3.05, 3.63) is 50.7 Å². The molecule has 0 aliphatic heterocycles. The average Bonchev–Trinajstić information content (AvgIpc) is 2.96. The maximum absolute atomic E-state index is 13.2. The third-order valence-corrected chi connectivity index (χ3v) is 4.74. The SMILES string of the molecule is Oc1c(F)cc(CNCc2cc3c(s2)CCC3)cc1F. The molecule has 0 unspecified atom stereocenters. The predicted octanol–water partition coefficient (Wildman–Crippen LogP) is 3.51. The maximum atomic E-state index is 13.2. The first kappa shape index (κ1) is 13.5. The Labute approximate surface area is 120 Å². The van der Waals surface area contributed by atoms with E-state index in [1.807, 2.05) is 11.3 Å². The summed E-state index contributed by atoms with van der Waals surface area (Å²) in [6, 6.07) is 4.53. The lowest BCUT2D eigenvalue weighted by atomic mass is 10.2. The van der Waals surface area contributed by atoms with Gasteiger partial charge in [0.25, 0.3) is 0 Å². The Kier molecular flexibility index (Phi) is 3.72. The Hall–Kier alpha value is -1.46. The van der Waals surface area contributed by atoms with Crippen molar-refractivity contribution in [2.24, 2.45) is 0 Å². The van der Waals surface area contributed by atoms with Crippen LogP contribution in [0.1, 0.15) is 27.3 Å². The molecule has 0 fully saturated rings. The molecule has 2 N–H and O–H groups in total. The molecular weight excluding hydrogens is 280 g/mol. The van der Waals surface area contributed by atoms with Gasteiger partial charge in [-0.15, -0.1) is 11.3 Å². The largest absolute Gasteiger partial charge is 0.503 e. The van der Waals surface area contributed by atoms with Crippen LogP contribution in [0.5, 0.6) is 5.75 Å². The molecule has 1 heterocycles. The van der Waals surface area contributed by atoms with Gasteiger partial charge in [0, 0.05) is 22.8 Å². The van der Waals surface area contributed by atoms with E-state index in [1.165, 1.54) is 34.6 Å². The highest BCUT2D eigenvalue weighted by atomic mass is 32.1. The molecule has 0 atom stereocenters. The molecule has 0 spiro atoms. The van der Waals surface area contributed by atoms with Crippen molar-refractivity contribution < 1.29 is 13.9 Å². The second-order valence-corrected chi connectivity index (χ2v) is 6.25. The second-order valence-electron chi connectivity index (χ2n) is 5.03. The van der Waals surface area contributed by atoms with Gasteiger partial charge in [-0.2, -0.15) is 0 Å². The van der Waals surface area contributed by atoms with Crippen molar-refractivity contribution in [3.63, 3.8) is 0 Å². The quantitative estimate of drug-likeness (QED) is 0.904. The summed E-state index contributed by atoms with van der Waals surface area (Å²) in [7, 11) is 0. The Morgan fingerprint density at radius 3 is 2.55 bits per heavy atom. The van der Waals surface area contributed by atoms with Crippen molar-refractivity contribution in [1.82, 2.24) is 5.32 Å². The minimum Gasteiger partial charge on any atom is -0.503 e. The number of benzene rings is 1. The summed E-state index contributed by atoms with van der Waals surface area (Å²) < 4.78 is 26.4. The minimum atomic E-state index is -0.920. The lowest BCUT2D eigenvalue weighted by Gasteiger charge is -2.05. The zero-order valence-electron chi connectivity index (χ0n) is 10.9. The van der Waals surface area contributed by atoms with Crippen LogP contribution in [0, 0.1) is 11.6 Å². The van der Waals surface area contributed by atoms with Gasteiger partial charge in [0.1, 0.15) is 0 Å². The van der Waals surface area contributed by atoms with Gasteiger partial charge >= 0.3 is 0 Å². The molecule has 2 aromatic rings. The van der Waals surface area contributed by atoms with E-state index in [0.717, 1.165) is 12.1 Å². The van der Waals surface area contributed by atoms with Crippen LogP contribution in [0.15, 0.2) is 18.2 Å². The number of halogens is 2. The highest BCUT2D eigenvalue weighted by Crippen LogP contribution is 2.30. The van der Waals surface area contributed by atoms with E-state index in [2.05, 4.69) is 11.4 Å². The average molecular weight is 295 g/mol. The van der Waals surface area contributed by atoms with Gasteiger partial charge in [0.15, 0.2) is 17.4 Å². The number of aryl methyl sites for hydroxylation is 2. The van der Waals surface area contributed by atoms with Gasteiger partial charge in [-0.1, -0.05) is 0 Å². The van der Waals surface area contributed by atoms with Crippen LogP contribution >= 0.6 is 11.3 Å². The number of hydrogen-bond donors (Lipinski definition) is 2. The number of aromatic hydroxyl groups is 1. The van der Waals surface area contributed by atoms with Crippen molar-refractivity contribution in [2.75, 3.05) is 0 Å². The summed E-state index contributed by atoms with van der Waals surface area (Å²) in [6.45, 7) is 1.07. The fourth-order valence-electron chi connectivity index (χ4n) is 2.53. The molecule has 2 nitrogen and oxygen atoms in total. The molecule has 0 saturated heterocycles. The first-order chi connectivity index (χ1) is 9.63. The molecule has 20 heavy (non-hydrogen) atoms. The zero-order valence-corrected chi connectivity index (χ0v) is 11.7. The van der Waals surface area contributed by atoms with Crippen LogP contribution in [0.2, 0.25) is 0 Å². The molecule has 1 aromatic carbocycles. The highest BCUT2D eigenvalue weighted by Gasteiger charge is 2.14. The van der Waals surface area contributed by atoms with Crippen LogP contribution in [0.4, 0.5) is 8.78 Å². The minimum absolute atomic E-state index is 0.372. The van der Waals surface area contributed by atoms with Gasteiger partial charge in [-0.05, 0) is 48.6 Å². The van der Waals surface area contributed by atoms with Crippen LogP contribution in [0.25, 0.3) is 0 Å². The molecule has 3 rings (SSSR count). The Balaban J connectivity index is 1.59. The third-order valence-electron chi connectivity index (χ3n) is 3.50. The van der Waals surface area contributed by atoms with E-state index in [9.17, 15) is 8.78 Å². The monoisotopic (exact) mass is 295 g/mol. The number of hydrogen-bond acceptors (Lipinski definition) is 3. The van der Waals surface area contributed by atoms with Crippen LogP contribution < -0.4 is 5.32 Å². The van der Waals surface area contributed by atoms with E-state index in [-0.39, 0.29) is 0 Å². The summed E-state index contributed by atoms with van der Waals surface area (Å²) >= 11 is 1.82. The summed E-state index contributed by atoms with van der Waals surface area (Å²) in [5.74, 6) is -2.75. The van der Waals surface area contributed by atoms with Crippen LogP contribution in [-0.4, -0.2) is 5.11 Å². The van der Waals surface area contributed by atoms with Crippen molar-refractivity contribution in [1.29, 1.82) is 0 Å². The Bertz CT molecular complexity index is 594. The first-order valence-corrected chi connectivity index (χ1v) is 7.43. The Morgan fingerprint density at radius 2 is 1.85 bits per heavy atom. The third kappa shape index (κ3) is 2.69. The molecule has 0 amide bonds. The normalized spacial score (nSPS) is 13.7. The second kappa shape index (κ2) is 5.50. The molecule has 5 heteroatoms. The molecule has 1 aliphatic carbocycles. The Morgan fingerprint density at radius 1 is 1.10 bits per heavy atom. The topological polar surface area (TPSA) is 32.3 Å². The summed E-state index contributed by atoms with van der Waals surface area (Å²) in [5, 5.41) is 12.2. The van der Waals surface area contributed by atoms with Crippen LogP contribution in [-0.2, 0) is 25.9 Å². The number of rotatable bonds is 4. The number of thiophene rings is 1. The van der Waals surface area contributed by atoms with E-state index in [0.29, 0.717) is 18.7 Å². The molecule has 0 bridgehead atoms. The highest BCUT2D eigenvalue weighted by molar-refractivity contribution is 7.12. The first-order valence-electron chi connectivity index (χ1n) is 6.61. The summed E-state index contributed by atoms with van der Waals surface area (Å²) in [4.78, 5) is 2.73. The van der Waals surface area contributed by atoms with Crippen molar-refractivity contribution in [2.45, 2.75) is 32.4 Å². The summed E-state index contributed by atoms with van der Waals surface area (Å²) in [6.07, 6.45) is 3.59. The lowest BCUT2D eigenvalue weighted by molar-refractivity contribution is 0.395. The van der Waals surface area contributed by atoms with E-state index >= 15 is 0 Å². The van der Waals surface area contributed by atoms with Gasteiger partial charge in [0.05, 0.1) is 0 Å². The van der Waals surface area contributed by atoms with Gasteiger partial charge in [-0.25, -0.2) is 8.78 Å². The fourth-order valence-corrected chi connectivity index (χ4v) is 3.76. The molecule has 0 saturated carbocycles. The summed E-state index contributed by atoms with van der Waals surface area (Å²) in [5.41, 5.74) is 1.94. The molecule has 106 valence electrons. The van der Waals surface area contributed by atoms with Gasteiger partial charge < -0.3 is 10.4 Å². The predicted molar refractivity (Wildman–Crippen MR) is 74.9 cm³/mol. The number of fused-ring (bicyclic) bond motifs is 1. The standard InChI is InChI=1S/C15H15F2NOS/c16-12-4-9(5-13(17)15(12)19)7-18-8-11-6-10-2-1-3-14(10)20-11/h4-6,18-19H,1-3,7-8H2. The molecule has 1 aromatic heterocycles. The zero-order chi connectivity index (χ0) is 14.1. The van der Waals surface area contributed by atoms with Crippen LogP contribution in [0.3, 0.4) is 0 Å². The molecular formula is C15H15F2NOS. The number of phenols is 1. The lowest BCUT2D eigenvalue weighted by Crippen LogP contribution is -2.12.